The van der Waals surface area contributed by atoms with E-state index in [4.69, 9.17) is 21.1 Å². The van der Waals surface area contributed by atoms with Gasteiger partial charge in [-0.25, -0.2) is 0 Å². The van der Waals surface area contributed by atoms with Crippen LogP contribution in [0, 0.1) is 0 Å². The summed E-state index contributed by atoms with van der Waals surface area (Å²) in [6.45, 7) is 6.47. The zero-order chi connectivity index (χ0) is 21.3. The van der Waals surface area contributed by atoms with Gasteiger partial charge in [0.15, 0.2) is 11.5 Å². The molecule has 1 aliphatic rings. The van der Waals surface area contributed by atoms with Gasteiger partial charge in [-0.2, -0.15) is 0 Å². The number of nitrogens with one attached hydrogen (secondary N) is 1. The summed E-state index contributed by atoms with van der Waals surface area (Å²) in [7, 11) is 3.72. The molecule has 1 heterocycles. The molecule has 2 aromatic carbocycles. The molecular weight excluding hydrogens is 402 g/mol. The molecule has 0 spiro atoms. The lowest BCUT2D eigenvalue weighted by Crippen LogP contribution is -2.45. The standard InChI is InChI=1S/C23H30ClN3O3/c1-26-12-14-27(15-13-26)11-3-10-25-23(28)19-6-9-21(22(16-19)29-2)30-17-18-4-7-20(24)8-5-18/h4-9,16H,3,10-15,17H2,1-2H3,(H,25,28). The van der Waals surface area contributed by atoms with Crippen LogP contribution in [-0.2, 0) is 6.61 Å². The highest BCUT2D eigenvalue weighted by atomic mass is 35.5. The van der Waals surface area contributed by atoms with Crippen molar-refractivity contribution in [2.24, 2.45) is 0 Å². The Morgan fingerprint density at radius 1 is 1.07 bits per heavy atom. The number of ether oxygens (including phenoxy) is 2. The molecule has 0 atom stereocenters. The Balaban J connectivity index is 1.47. The normalized spacial score (nSPS) is 15.0. The van der Waals surface area contributed by atoms with Gasteiger partial charge in [0.25, 0.3) is 5.91 Å². The van der Waals surface area contributed by atoms with Gasteiger partial charge < -0.3 is 24.6 Å². The summed E-state index contributed by atoms with van der Waals surface area (Å²) in [6, 6.07) is 12.7. The molecule has 3 rings (SSSR count). The second kappa shape index (κ2) is 11.2. The van der Waals surface area contributed by atoms with Crippen molar-refractivity contribution in [2.75, 3.05) is 53.4 Å². The predicted molar refractivity (Wildman–Crippen MR) is 120 cm³/mol. The molecule has 0 saturated carbocycles. The maximum absolute atomic E-state index is 12.5. The van der Waals surface area contributed by atoms with Gasteiger partial charge in [0, 0.05) is 43.3 Å². The fourth-order valence-corrected chi connectivity index (χ4v) is 3.47. The number of hydrogen-bond donors (Lipinski definition) is 1. The summed E-state index contributed by atoms with van der Waals surface area (Å²) >= 11 is 5.91. The van der Waals surface area contributed by atoms with Crippen LogP contribution in [0.5, 0.6) is 11.5 Å². The van der Waals surface area contributed by atoms with Gasteiger partial charge in [0.05, 0.1) is 7.11 Å². The lowest BCUT2D eigenvalue weighted by molar-refractivity contribution is 0.0949. The Bertz CT molecular complexity index is 821. The molecule has 0 radical (unpaired) electrons. The Labute approximate surface area is 183 Å². The highest BCUT2D eigenvalue weighted by Gasteiger charge is 2.14. The van der Waals surface area contributed by atoms with Crippen molar-refractivity contribution in [1.82, 2.24) is 15.1 Å². The number of piperazine rings is 1. The zero-order valence-corrected chi connectivity index (χ0v) is 18.5. The molecule has 0 unspecified atom stereocenters. The molecule has 6 nitrogen and oxygen atoms in total. The predicted octanol–water partition coefficient (Wildman–Crippen LogP) is 3.29. The molecule has 1 amide bonds. The smallest absolute Gasteiger partial charge is 0.251 e. The number of hydrogen-bond acceptors (Lipinski definition) is 5. The van der Waals surface area contributed by atoms with Gasteiger partial charge in [-0.15, -0.1) is 0 Å². The number of rotatable bonds is 9. The molecule has 7 heteroatoms. The summed E-state index contributed by atoms with van der Waals surface area (Å²) in [4.78, 5) is 17.3. The van der Waals surface area contributed by atoms with Crippen LogP contribution in [0.15, 0.2) is 42.5 Å². The van der Waals surface area contributed by atoms with Crippen LogP contribution in [0.3, 0.4) is 0 Å². The minimum absolute atomic E-state index is 0.101. The Hall–Kier alpha value is -2.28. The van der Waals surface area contributed by atoms with E-state index in [1.807, 2.05) is 24.3 Å². The minimum atomic E-state index is -0.101. The van der Waals surface area contributed by atoms with E-state index in [0.717, 1.165) is 44.7 Å². The van der Waals surface area contributed by atoms with Crippen molar-refractivity contribution >= 4 is 17.5 Å². The van der Waals surface area contributed by atoms with Gasteiger partial charge in [-0.3, -0.25) is 4.79 Å². The summed E-state index contributed by atoms with van der Waals surface area (Å²) in [5.41, 5.74) is 1.56. The van der Waals surface area contributed by atoms with Crippen LogP contribution >= 0.6 is 11.6 Å². The van der Waals surface area contributed by atoms with E-state index in [2.05, 4.69) is 22.2 Å². The number of benzene rings is 2. The van der Waals surface area contributed by atoms with Crippen LogP contribution in [0.2, 0.25) is 5.02 Å². The highest BCUT2D eigenvalue weighted by Crippen LogP contribution is 2.29. The average Bonchev–Trinajstić information content (AvgIpc) is 2.77. The molecular formula is C23H30ClN3O3. The summed E-state index contributed by atoms with van der Waals surface area (Å²) in [5.74, 6) is 1.03. The molecule has 2 aromatic rings. The topological polar surface area (TPSA) is 54.0 Å². The van der Waals surface area contributed by atoms with Gasteiger partial charge in [0.1, 0.15) is 6.61 Å². The quantitative estimate of drug-likeness (QED) is 0.617. The van der Waals surface area contributed by atoms with Gasteiger partial charge >= 0.3 is 0 Å². The van der Waals surface area contributed by atoms with E-state index in [0.29, 0.717) is 35.2 Å². The van der Waals surface area contributed by atoms with Crippen molar-refractivity contribution in [3.05, 3.63) is 58.6 Å². The number of methoxy groups -OCH3 is 1. The van der Waals surface area contributed by atoms with Gasteiger partial charge in [0.2, 0.25) is 0 Å². The van der Waals surface area contributed by atoms with Crippen LogP contribution in [-0.4, -0.2) is 69.1 Å². The van der Waals surface area contributed by atoms with Crippen LogP contribution in [0.4, 0.5) is 0 Å². The second-order valence-corrected chi connectivity index (χ2v) is 7.97. The van der Waals surface area contributed by atoms with Gasteiger partial charge in [-0.05, 0) is 55.9 Å². The van der Waals surface area contributed by atoms with Crippen molar-refractivity contribution in [3.63, 3.8) is 0 Å². The summed E-state index contributed by atoms with van der Waals surface area (Å²) < 4.78 is 11.3. The third kappa shape index (κ3) is 6.62. The number of likely N-dealkylation sites (N-methyl/N-ethyl adjacent to an activating group) is 1. The van der Waals surface area contributed by atoms with E-state index in [-0.39, 0.29) is 5.91 Å². The van der Waals surface area contributed by atoms with Crippen molar-refractivity contribution in [1.29, 1.82) is 0 Å². The summed E-state index contributed by atoms with van der Waals surface area (Å²) in [6.07, 6.45) is 0.939. The highest BCUT2D eigenvalue weighted by molar-refractivity contribution is 6.30. The van der Waals surface area contributed by atoms with E-state index in [1.54, 1.807) is 25.3 Å². The SMILES string of the molecule is COc1cc(C(=O)NCCCN2CCN(C)CC2)ccc1OCc1ccc(Cl)cc1. The molecule has 1 N–H and O–H groups in total. The molecule has 1 fully saturated rings. The zero-order valence-electron chi connectivity index (χ0n) is 17.7. The Kier molecular flexibility index (Phi) is 8.37. The van der Waals surface area contributed by atoms with E-state index in [9.17, 15) is 4.79 Å². The molecule has 0 aromatic heterocycles. The molecule has 162 valence electrons. The lowest BCUT2D eigenvalue weighted by atomic mass is 10.2. The number of nitrogens with zero attached hydrogens (tertiary/aromatic N) is 2. The first-order valence-corrected chi connectivity index (χ1v) is 10.7. The maximum Gasteiger partial charge on any atom is 0.251 e. The van der Waals surface area contributed by atoms with Gasteiger partial charge in [-0.1, -0.05) is 23.7 Å². The molecule has 0 bridgehead atoms. The second-order valence-electron chi connectivity index (χ2n) is 7.54. The summed E-state index contributed by atoms with van der Waals surface area (Å²) in [5, 5.41) is 3.69. The number of amides is 1. The number of carbonyl (C=O) groups is 1. The Morgan fingerprint density at radius 2 is 1.80 bits per heavy atom. The molecule has 0 aliphatic carbocycles. The third-order valence-electron chi connectivity index (χ3n) is 5.27. The van der Waals surface area contributed by atoms with Crippen LogP contribution in [0.1, 0.15) is 22.3 Å². The van der Waals surface area contributed by atoms with Crippen molar-refractivity contribution < 1.29 is 14.3 Å². The van der Waals surface area contributed by atoms with E-state index >= 15 is 0 Å². The Morgan fingerprint density at radius 3 is 2.50 bits per heavy atom. The first-order valence-electron chi connectivity index (χ1n) is 10.3. The van der Waals surface area contributed by atoms with E-state index in [1.165, 1.54) is 0 Å². The first kappa shape index (κ1) is 22.4. The molecule has 1 saturated heterocycles. The van der Waals surface area contributed by atoms with Crippen LogP contribution in [0.25, 0.3) is 0 Å². The van der Waals surface area contributed by atoms with Crippen molar-refractivity contribution in [2.45, 2.75) is 13.0 Å². The number of halogens is 1. The number of carbonyl (C=O) groups excluding carboxylic acids is 1. The van der Waals surface area contributed by atoms with E-state index < -0.39 is 0 Å². The fourth-order valence-electron chi connectivity index (χ4n) is 3.35. The van der Waals surface area contributed by atoms with Crippen molar-refractivity contribution in [3.8, 4) is 11.5 Å². The molecule has 30 heavy (non-hydrogen) atoms. The first-order chi connectivity index (χ1) is 14.5. The lowest BCUT2D eigenvalue weighted by Gasteiger charge is -2.32. The monoisotopic (exact) mass is 431 g/mol. The largest absolute Gasteiger partial charge is 0.493 e. The maximum atomic E-state index is 12.5. The fraction of sp³-hybridized carbons (Fsp3) is 0.435. The third-order valence-corrected chi connectivity index (χ3v) is 5.52. The molecule has 1 aliphatic heterocycles. The average molecular weight is 432 g/mol. The minimum Gasteiger partial charge on any atom is -0.493 e. The van der Waals surface area contributed by atoms with Crippen LogP contribution < -0.4 is 14.8 Å².